The van der Waals surface area contributed by atoms with Crippen molar-refractivity contribution in [2.45, 2.75) is 33.4 Å². The lowest BCUT2D eigenvalue weighted by Gasteiger charge is -2.10. The second-order valence-corrected chi connectivity index (χ2v) is 3.08. The van der Waals surface area contributed by atoms with Crippen molar-refractivity contribution in [1.29, 1.82) is 0 Å². The van der Waals surface area contributed by atoms with Gasteiger partial charge in [0, 0.05) is 17.9 Å². The lowest BCUT2D eigenvalue weighted by atomic mass is 10.4. The largest absolute Gasteiger partial charge is 0.392 e. The first-order valence-corrected chi connectivity index (χ1v) is 3.92. The van der Waals surface area contributed by atoms with Gasteiger partial charge >= 0.3 is 0 Å². The number of rotatable bonds is 2. The van der Waals surface area contributed by atoms with Crippen molar-refractivity contribution in [2.24, 2.45) is 0 Å². The maximum atomic E-state index is 9.15. The highest BCUT2D eigenvalue weighted by Crippen LogP contribution is 2.07. The van der Waals surface area contributed by atoms with Crippen LogP contribution in [0.25, 0.3) is 0 Å². The van der Waals surface area contributed by atoms with Crippen LogP contribution in [0.1, 0.15) is 18.3 Å². The summed E-state index contributed by atoms with van der Waals surface area (Å²) in [6.07, 6.45) is -0.264. The fraction of sp³-hybridized carbons (Fsp3) is 0.556. The average Bonchev–Trinajstić information content (AvgIpc) is 2.18. The van der Waals surface area contributed by atoms with E-state index >= 15 is 0 Å². The summed E-state index contributed by atoms with van der Waals surface area (Å²) < 4.78 is 2.12. The van der Waals surface area contributed by atoms with Crippen molar-refractivity contribution in [1.82, 2.24) is 4.57 Å². The normalized spacial score (nSPS) is 13.5. The molecule has 1 unspecified atom stereocenters. The van der Waals surface area contributed by atoms with Crippen LogP contribution in [0.15, 0.2) is 12.1 Å². The monoisotopic (exact) mass is 153 g/mol. The van der Waals surface area contributed by atoms with Gasteiger partial charge in [0.2, 0.25) is 0 Å². The highest BCUT2D eigenvalue weighted by molar-refractivity contribution is 5.13. The first kappa shape index (κ1) is 8.34. The molecule has 2 heteroatoms. The lowest BCUT2D eigenvalue weighted by Crippen LogP contribution is -2.13. The smallest absolute Gasteiger partial charge is 0.0691 e. The number of aliphatic hydroxyl groups excluding tert-OH is 1. The van der Waals surface area contributed by atoms with Crippen LogP contribution in [-0.4, -0.2) is 15.8 Å². The summed E-state index contributed by atoms with van der Waals surface area (Å²) in [7, 11) is 0. The fourth-order valence-electron chi connectivity index (χ4n) is 1.25. The van der Waals surface area contributed by atoms with E-state index in [1.807, 2.05) is 0 Å². The molecule has 1 rings (SSSR count). The molecule has 0 saturated carbocycles. The number of nitrogens with zero attached hydrogens (tertiary/aromatic N) is 1. The van der Waals surface area contributed by atoms with Gasteiger partial charge in [0.15, 0.2) is 0 Å². The van der Waals surface area contributed by atoms with Crippen LogP contribution < -0.4 is 0 Å². The number of aliphatic hydroxyl groups is 1. The van der Waals surface area contributed by atoms with Crippen LogP contribution in [0.3, 0.4) is 0 Å². The van der Waals surface area contributed by atoms with Crippen molar-refractivity contribution in [3.63, 3.8) is 0 Å². The molecule has 0 spiro atoms. The maximum Gasteiger partial charge on any atom is 0.0691 e. The van der Waals surface area contributed by atoms with Gasteiger partial charge in [-0.1, -0.05) is 0 Å². The molecule has 2 nitrogen and oxygen atoms in total. The van der Waals surface area contributed by atoms with E-state index in [2.05, 4.69) is 30.5 Å². The molecule has 0 radical (unpaired) electrons. The van der Waals surface area contributed by atoms with Crippen LogP contribution in [0.5, 0.6) is 0 Å². The molecule has 0 aliphatic heterocycles. The summed E-state index contributed by atoms with van der Waals surface area (Å²) in [6.45, 7) is 6.61. The molecular weight excluding hydrogens is 138 g/mol. The maximum absolute atomic E-state index is 9.15. The second kappa shape index (κ2) is 3.09. The first-order valence-electron chi connectivity index (χ1n) is 3.92. The Morgan fingerprint density at radius 1 is 1.36 bits per heavy atom. The first-order chi connectivity index (χ1) is 5.11. The quantitative estimate of drug-likeness (QED) is 0.684. The molecule has 0 bridgehead atoms. The molecule has 1 heterocycles. The van der Waals surface area contributed by atoms with Crippen molar-refractivity contribution >= 4 is 0 Å². The molecule has 0 aromatic carbocycles. The number of hydrogen-bond acceptors (Lipinski definition) is 1. The number of hydrogen-bond donors (Lipinski definition) is 1. The average molecular weight is 153 g/mol. The summed E-state index contributed by atoms with van der Waals surface area (Å²) in [4.78, 5) is 0. The molecule has 0 aliphatic carbocycles. The molecule has 1 N–H and O–H groups in total. The molecule has 0 fully saturated rings. The van der Waals surface area contributed by atoms with Gasteiger partial charge in [0.1, 0.15) is 0 Å². The summed E-state index contributed by atoms with van der Waals surface area (Å²) in [5, 5.41) is 9.15. The topological polar surface area (TPSA) is 25.2 Å². The highest BCUT2D eigenvalue weighted by Gasteiger charge is 2.02. The minimum Gasteiger partial charge on any atom is -0.392 e. The minimum atomic E-state index is -0.264. The van der Waals surface area contributed by atoms with Gasteiger partial charge in [-0.15, -0.1) is 0 Å². The Morgan fingerprint density at radius 3 is 2.18 bits per heavy atom. The molecule has 11 heavy (non-hydrogen) atoms. The Labute approximate surface area is 67.5 Å². The van der Waals surface area contributed by atoms with Gasteiger partial charge < -0.3 is 9.67 Å². The standard InChI is InChI=1S/C9H15NO/c1-7-4-5-8(2)10(7)6-9(3)11/h4-5,9,11H,6H2,1-3H3. The van der Waals surface area contributed by atoms with E-state index in [1.54, 1.807) is 6.92 Å². The Balaban J connectivity index is 2.83. The lowest BCUT2D eigenvalue weighted by molar-refractivity contribution is 0.172. The molecular formula is C9H15NO. The number of aromatic nitrogens is 1. The minimum absolute atomic E-state index is 0.264. The molecule has 1 aromatic heterocycles. The highest BCUT2D eigenvalue weighted by atomic mass is 16.3. The van der Waals surface area contributed by atoms with E-state index in [4.69, 9.17) is 5.11 Å². The van der Waals surface area contributed by atoms with Gasteiger partial charge in [0.05, 0.1) is 6.10 Å². The summed E-state index contributed by atoms with van der Waals surface area (Å²) in [5.74, 6) is 0. The fourth-order valence-corrected chi connectivity index (χ4v) is 1.25. The summed E-state index contributed by atoms with van der Waals surface area (Å²) in [5.41, 5.74) is 2.42. The Kier molecular flexibility index (Phi) is 2.35. The van der Waals surface area contributed by atoms with Gasteiger partial charge in [0.25, 0.3) is 0 Å². The van der Waals surface area contributed by atoms with E-state index in [0.29, 0.717) is 6.54 Å². The number of aryl methyl sites for hydroxylation is 2. The van der Waals surface area contributed by atoms with Gasteiger partial charge in [-0.2, -0.15) is 0 Å². The third-order valence-corrected chi connectivity index (χ3v) is 1.86. The van der Waals surface area contributed by atoms with Gasteiger partial charge in [-0.05, 0) is 32.9 Å². The Morgan fingerprint density at radius 2 is 1.82 bits per heavy atom. The van der Waals surface area contributed by atoms with E-state index in [-0.39, 0.29) is 6.10 Å². The molecule has 0 saturated heterocycles. The van der Waals surface area contributed by atoms with Gasteiger partial charge in [-0.3, -0.25) is 0 Å². The van der Waals surface area contributed by atoms with Crippen LogP contribution >= 0.6 is 0 Å². The van der Waals surface area contributed by atoms with Crippen molar-refractivity contribution in [2.75, 3.05) is 0 Å². The Bertz CT molecular complexity index is 218. The van der Waals surface area contributed by atoms with Crippen molar-refractivity contribution in [3.8, 4) is 0 Å². The zero-order chi connectivity index (χ0) is 8.43. The Hall–Kier alpha value is -0.760. The van der Waals surface area contributed by atoms with Crippen LogP contribution in [-0.2, 0) is 6.54 Å². The van der Waals surface area contributed by atoms with Crippen LogP contribution in [0.4, 0.5) is 0 Å². The summed E-state index contributed by atoms with van der Waals surface area (Å²) >= 11 is 0. The zero-order valence-electron chi connectivity index (χ0n) is 7.33. The molecule has 62 valence electrons. The predicted molar refractivity (Wildman–Crippen MR) is 45.6 cm³/mol. The van der Waals surface area contributed by atoms with E-state index < -0.39 is 0 Å². The van der Waals surface area contributed by atoms with Gasteiger partial charge in [-0.25, -0.2) is 0 Å². The summed E-state index contributed by atoms with van der Waals surface area (Å²) in [6, 6.07) is 4.13. The zero-order valence-corrected chi connectivity index (χ0v) is 7.33. The third-order valence-electron chi connectivity index (χ3n) is 1.86. The molecule has 0 aliphatic rings. The third kappa shape index (κ3) is 1.84. The molecule has 0 amide bonds. The van der Waals surface area contributed by atoms with E-state index in [9.17, 15) is 0 Å². The van der Waals surface area contributed by atoms with E-state index in [1.165, 1.54) is 11.4 Å². The predicted octanol–water partition coefficient (Wildman–Crippen LogP) is 1.49. The van der Waals surface area contributed by atoms with Crippen molar-refractivity contribution < 1.29 is 5.11 Å². The molecule has 1 atom stereocenters. The van der Waals surface area contributed by atoms with Crippen molar-refractivity contribution in [3.05, 3.63) is 23.5 Å². The second-order valence-electron chi connectivity index (χ2n) is 3.08. The van der Waals surface area contributed by atoms with E-state index in [0.717, 1.165) is 0 Å². The molecule has 1 aromatic rings. The van der Waals surface area contributed by atoms with Crippen LogP contribution in [0, 0.1) is 13.8 Å². The van der Waals surface area contributed by atoms with Crippen LogP contribution in [0.2, 0.25) is 0 Å². The SMILES string of the molecule is Cc1ccc(C)n1CC(C)O.